The van der Waals surface area contributed by atoms with E-state index in [-0.39, 0.29) is 5.69 Å². The fraction of sp³-hybridized carbons (Fsp3) is 0.429. The predicted molar refractivity (Wildman–Crippen MR) is 78.8 cm³/mol. The predicted octanol–water partition coefficient (Wildman–Crippen LogP) is 3.82. The molecular formula is C14H11F8N3O2S. The maximum absolute atomic E-state index is 13.3. The molecule has 0 aliphatic rings. The van der Waals surface area contributed by atoms with E-state index in [1.54, 1.807) is 0 Å². The highest BCUT2D eigenvalue weighted by Gasteiger charge is 2.57. The van der Waals surface area contributed by atoms with Gasteiger partial charge in [0.15, 0.2) is 15.5 Å². The van der Waals surface area contributed by atoms with Crippen molar-refractivity contribution in [1.29, 1.82) is 0 Å². The summed E-state index contributed by atoms with van der Waals surface area (Å²) in [6.07, 6.45) is -11.3. The Hall–Kier alpha value is -2.25. The van der Waals surface area contributed by atoms with E-state index >= 15 is 0 Å². The van der Waals surface area contributed by atoms with Gasteiger partial charge in [-0.1, -0.05) is 6.92 Å². The van der Waals surface area contributed by atoms with Gasteiger partial charge in [0, 0.05) is 6.20 Å². The summed E-state index contributed by atoms with van der Waals surface area (Å²) in [5.74, 6) is -5.91. The Balaban J connectivity index is 2.57. The summed E-state index contributed by atoms with van der Waals surface area (Å²) in [5.41, 5.74) is -2.74. The number of halogens is 8. The molecule has 156 valence electrons. The molecule has 0 amide bonds. The van der Waals surface area contributed by atoms with Gasteiger partial charge < -0.3 is 0 Å². The maximum atomic E-state index is 13.3. The van der Waals surface area contributed by atoms with Crippen molar-refractivity contribution in [3.63, 3.8) is 0 Å². The molecule has 0 aromatic carbocycles. The first-order valence-electron chi connectivity index (χ1n) is 7.38. The van der Waals surface area contributed by atoms with Crippen LogP contribution in [0, 0.1) is 0 Å². The zero-order valence-electron chi connectivity index (χ0n) is 13.8. The Morgan fingerprint density at radius 2 is 1.68 bits per heavy atom. The van der Waals surface area contributed by atoms with Crippen LogP contribution >= 0.6 is 0 Å². The van der Waals surface area contributed by atoms with Gasteiger partial charge in [-0.2, -0.15) is 40.2 Å². The molecule has 0 saturated carbocycles. The summed E-state index contributed by atoms with van der Waals surface area (Å²) < 4.78 is 127. The second-order valence-corrected chi connectivity index (χ2v) is 7.81. The van der Waals surface area contributed by atoms with Crippen LogP contribution in [-0.4, -0.2) is 41.0 Å². The van der Waals surface area contributed by atoms with Gasteiger partial charge in [-0.25, -0.2) is 13.1 Å². The molecule has 5 nitrogen and oxygen atoms in total. The minimum absolute atomic E-state index is 0.360. The van der Waals surface area contributed by atoms with Crippen molar-refractivity contribution in [3.8, 4) is 5.69 Å². The van der Waals surface area contributed by atoms with Crippen molar-refractivity contribution < 1.29 is 43.5 Å². The first-order valence-corrected chi connectivity index (χ1v) is 9.03. The number of alkyl halides is 8. The molecule has 0 aliphatic heterocycles. The smallest absolute Gasteiger partial charge is 0.257 e. The monoisotopic (exact) mass is 437 g/mol. The lowest BCUT2D eigenvalue weighted by atomic mass is 10.1. The van der Waals surface area contributed by atoms with Crippen LogP contribution in [0.15, 0.2) is 29.4 Å². The Morgan fingerprint density at radius 1 is 1.07 bits per heavy atom. The molecular weight excluding hydrogens is 426 g/mol. The summed E-state index contributed by atoms with van der Waals surface area (Å²) in [5, 5.41) is 3.17. The van der Waals surface area contributed by atoms with E-state index in [4.69, 9.17) is 0 Å². The van der Waals surface area contributed by atoms with Gasteiger partial charge in [-0.15, -0.1) is 0 Å². The fourth-order valence-electron chi connectivity index (χ4n) is 2.07. The number of pyridine rings is 1. The number of nitrogens with zero attached hydrogens (tertiary/aromatic N) is 3. The lowest BCUT2D eigenvalue weighted by Gasteiger charge is -2.20. The van der Waals surface area contributed by atoms with Gasteiger partial charge in [0.2, 0.25) is 0 Å². The van der Waals surface area contributed by atoms with Crippen LogP contribution in [0.1, 0.15) is 18.3 Å². The van der Waals surface area contributed by atoms with Crippen molar-refractivity contribution in [2.24, 2.45) is 0 Å². The largest absolute Gasteiger partial charge is 0.453 e. The van der Waals surface area contributed by atoms with E-state index < -0.39 is 56.6 Å². The third kappa shape index (κ3) is 4.42. The zero-order chi connectivity index (χ0) is 21.5. The van der Waals surface area contributed by atoms with Gasteiger partial charge in [-0.3, -0.25) is 4.98 Å². The molecule has 0 fully saturated rings. The first kappa shape index (κ1) is 22.0. The van der Waals surface area contributed by atoms with E-state index in [0.29, 0.717) is 23.0 Å². The van der Waals surface area contributed by atoms with Crippen molar-refractivity contribution in [2.45, 2.75) is 36.5 Å². The van der Waals surface area contributed by atoms with Gasteiger partial charge in [-0.05, 0) is 12.1 Å². The molecule has 0 spiro atoms. The molecule has 0 N–H and O–H groups in total. The van der Waals surface area contributed by atoms with Gasteiger partial charge in [0.1, 0.15) is 0 Å². The summed E-state index contributed by atoms with van der Waals surface area (Å²) in [7, 11) is -4.33. The highest BCUT2D eigenvalue weighted by molar-refractivity contribution is 7.91. The number of rotatable bonds is 5. The quantitative estimate of drug-likeness (QED) is 0.668. The SMILES string of the molecule is CCS(=O)(=O)c1cc(-n2ccc(C(F)(F)F)n2)cnc1CC(F)(F)C(F)(F)F. The second-order valence-electron chi connectivity index (χ2n) is 5.56. The van der Waals surface area contributed by atoms with E-state index in [1.807, 2.05) is 0 Å². The molecule has 0 saturated heterocycles. The molecule has 0 aliphatic carbocycles. The van der Waals surface area contributed by atoms with Crippen molar-refractivity contribution in [1.82, 2.24) is 14.8 Å². The molecule has 2 heterocycles. The lowest BCUT2D eigenvalue weighted by molar-refractivity contribution is -0.281. The van der Waals surface area contributed by atoms with Crippen LogP contribution in [0.3, 0.4) is 0 Å². The molecule has 2 aromatic heterocycles. The zero-order valence-corrected chi connectivity index (χ0v) is 14.6. The summed E-state index contributed by atoms with van der Waals surface area (Å²) in [6, 6.07) is 1.22. The summed E-state index contributed by atoms with van der Waals surface area (Å²) in [4.78, 5) is 2.39. The van der Waals surface area contributed by atoms with Crippen molar-refractivity contribution in [2.75, 3.05) is 5.75 Å². The second kappa shape index (κ2) is 6.97. The van der Waals surface area contributed by atoms with Crippen LogP contribution in [-0.2, 0) is 22.4 Å². The Morgan fingerprint density at radius 3 is 2.14 bits per heavy atom. The van der Waals surface area contributed by atoms with E-state index in [0.717, 1.165) is 13.1 Å². The van der Waals surface area contributed by atoms with E-state index in [9.17, 15) is 43.5 Å². The molecule has 0 bridgehead atoms. The van der Waals surface area contributed by atoms with Crippen LogP contribution in [0.25, 0.3) is 5.69 Å². The number of sulfone groups is 1. The van der Waals surface area contributed by atoms with E-state index in [1.165, 1.54) is 0 Å². The summed E-state index contributed by atoms with van der Waals surface area (Å²) in [6.45, 7) is 1.11. The third-order valence-corrected chi connectivity index (χ3v) is 5.36. The first-order chi connectivity index (χ1) is 12.6. The number of hydrogen-bond acceptors (Lipinski definition) is 4. The molecule has 14 heteroatoms. The highest BCUT2D eigenvalue weighted by Crippen LogP contribution is 2.39. The van der Waals surface area contributed by atoms with Crippen LogP contribution in [0.4, 0.5) is 35.1 Å². The third-order valence-electron chi connectivity index (χ3n) is 3.58. The minimum Gasteiger partial charge on any atom is -0.257 e. The summed E-state index contributed by atoms with van der Waals surface area (Å²) >= 11 is 0. The Bertz CT molecular complexity index is 964. The molecule has 0 atom stereocenters. The van der Waals surface area contributed by atoms with Crippen LogP contribution in [0.2, 0.25) is 0 Å². The Labute approximate surface area is 152 Å². The average Bonchev–Trinajstić information content (AvgIpc) is 3.04. The van der Waals surface area contributed by atoms with Crippen LogP contribution in [0.5, 0.6) is 0 Å². The van der Waals surface area contributed by atoms with Gasteiger partial charge in [0.05, 0.1) is 34.6 Å². The van der Waals surface area contributed by atoms with Crippen LogP contribution < -0.4 is 0 Å². The van der Waals surface area contributed by atoms with Gasteiger partial charge >= 0.3 is 18.3 Å². The molecule has 2 aromatic rings. The lowest BCUT2D eigenvalue weighted by Crippen LogP contribution is -2.39. The van der Waals surface area contributed by atoms with E-state index in [2.05, 4.69) is 10.1 Å². The maximum Gasteiger partial charge on any atom is 0.453 e. The standard InChI is InChI=1S/C14H11F8N3O2S/c1-2-28(26,27)10-5-8(25-4-3-11(24-25)13(17,18)19)7-23-9(10)6-12(15,16)14(20,21)22/h3-5,7H,2,6H2,1H3. The van der Waals surface area contributed by atoms with Crippen molar-refractivity contribution >= 4 is 9.84 Å². The van der Waals surface area contributed by atoms with Crippen molar-refractivity contribution in [3.05, 3.63) is 35.9 Å². The fourth-order valence-corrected chi connectivity index (χ4v) is 3.17. The number of hydrogen-bond donors (Lipinski definition) is 0. The number of aromatic nitrogens is 3. The van der Waals surface area contributed by atoms with Gasteiger partial charge in [0.25, 0.3) is 0 Å². The normalized spacial score (nSPS) is 13.8. The topological polar surface area (TPSA) is 64.8 Å². The molecule has 28 heavy (non-hydrogen) atoms. The molecule has 0 unspecified atom stereocenters. The average molecular weight is 437 g/mol. The Kier molecular flexibility index (Phi) is 5.49. The molecule has 0 radical (unpaired) electrons. The molecule has 2 rings (SSSR count). The highest BCUT2D eigenvalue weighted by atomic mass is 32.2. The minimum atomic E-state index is -5.94.